The van der Waals surface area contributed by atoms with Gasteiger partial charge in [-0.3, -0.25) is 4.40 Å². The van der Waals surface area contributed by atoms with Crippen LogP contribution >= 0.6 is 0 Å². The number of imidazole rings is 1. The van der Waals surface area contributed by atoms with Crippen LogP contribution in [0.3, 0.4) is 0 Å². The molecular weight excluding hydrogens is 308 g/mol. The van der Waals surface area contributed by atoms with Gasteiger partial charge in [-0.05, 0) is 43.2 Å². The largest absolute Gasteiger partial charge is 0.283 e. The molecule has 122 valence electrons. The van der Waals surface area contributed by atoms with Gasteiger partial charge in [0, 0.05) is 11.8 Å². The van der Waals surface area contributed by atoms with Crippen LogP contribution in [-0.2, 0) is 0 Å². The number of aryl methyl sites for hydroxylation is 1. The minimum Gasteiger partial charge on any atom is -0.283 e. The second kappa shape index (κ2) is 6.32. The van der Waals surface area contributed by atoms with Crippen molar-refractivity contribution in [3.63, 3.8) is 0 Å². The number of azo groups is 1. The third kappa shape index (κ3) is 2.83. The number of pyridine rings is 1. The average molecular weight is 326 g/mol. The predicted octanol–water partition coefficient (Wildman–Crippen LogP) is 6.03. The molecule has 0 atom stereocenters. The number of fused-ring (bicyclic) bond motifs is 1. The highest BCUT2D eigenvalue weighted by Gasteiger charge is 2.13. The van der Waals surface area contributed by atoms with Gasteiger partial charge in [-0.1, -0.05) is 48.5 Å². The van der Waals surface area contributed by atoms with E-state index in [1.165, 1.54) is 5.56 Å². The fourth-order valence-corrected chi connectivity index (χ4v) is 2.81. The highest BCUT2D eigenvalue weighted by molar-refractivity contribution is 5.74. The van der Waals surface area contributed by atoms with Crippen LogP contribution in [0.1, 0.15) is 11.1 Å². The van der Waals surface area contributed by atoms with Crippen LogP contribution in [-0.4, -0.2) is 9.38 Å². The fourth-order valence-electron chi connectivity index (χ4n) is 2.81. The molecule has 2 heterocycles. The Balaban J connectivity index is 1.88. The van der Waals surface area contributed by atoms with Gasteiger partial charge in [0.15, 0.2) is 5.82 Å². The van der Waals surface area contributed by atoms with Crippen molar-refractivity contribution in [2.45, 2.75) is 13.8 Å². The van der Waals surface area contributed by atoms with Crippen LogP contribution in [0.5, 0.6) is 0 Å². The first-order chi connectivity index (χ1) is 12.2. The molecular formula is C21H18N4. The second-order valence-electron chi connectivity index (χ2n) is 6.00. The van der Waals surface area contributed by atoms with E-state index in [2.05, 4.69) is 30.1 Å². The van der Waals surface area contributed by atoms with Crippen molar-refractivity contribution in [1.29, 1.82) is 0 Å². The molecule has 0 aliphatic rings. The van der Waals surface area contributed by atoms with Crippen molar-refractivity contribution in [3.05, 3.63) is 84.1 Å². The number of hydrogen-bond acceptors (Lipinski definition) is 3. The predicted molar refractivity (Wildman–Crippen MR) is 101 cm³/mol. The van der Waals surface area contributed by atoms with Crippen molar-refractivity contribution in [2.75, 3.05) is 0 Å². The van der Waals surface area contributed by atoms with E-state index in [4.69, 9.17) is 4.98 Å². The van der Waals surface area contributed by atoms with E-state index in [1.54, 1.807) is 0 Å². The smallest absolute Gasteiger partial charge is 0.187 e. The van der Waals surface area contributed by atoms with Gasteiger partial charge in [-0.15, -0.1) is 10.2 Å². The van der Waals surface area contributed by atoms with Crippen LogP contribution < -0.4 is 0 Å². The van der Waals surface area contributed by atoms with E-state index in [-0.39, 0.29) is 0 Å². The molecule has 0 spiro atoms. The van der Waals surface area contributed by atoms with Gasteiger partial charge < -0.3 is 0 Å². The molecule has 0 aliphatic carbocycles. The van der Waals surface area contributed by atoms with Crippen molar-refractivity contribution in [1.82, 2.24) is 9.38 Å². The number of benzene rings is 2. The zero-order chi connectivity index (χ0) is 17.2. The molecule has 0 radical (unpaired) electrons. The molecule has 0 saturated carbocycles. The van der Waals surface area contributed by atoms with Gasteiger partial charge in [0.1, 0.15) is 11.3 Å². The molecule has 0 aliphatic heterocycles. The maximum absolute atomic E-state index is 4.74. The van der Waals surface area contributed by atoms with Crippen LogP contribution in [0, 0.1) is 13.8 Å². The van der Waals surface area contributed by atoms with Gasteiger partial charge in [-0.2, -0.15) is 0 Å². The summed E-state index contributed by atoms with van der Waals surface area (Å²) < 4.78 is 1.97. The Morgan fingerprint density at radius 2 is 1.60 bits per heavy atom. The van der Waals surface area contributed by atoms with Gasteiger partial charge in [-0.25, -0.2) is 4.98 Å². The van der Waals surface area contributed by atoms with E-state index in [9.17, 15) is 0 Å². The zero-order valence-electron chi connectivity index (χ0n) is 14.2. The summed E-state index contributed by atoms with van der Waals surface area (Å²) in [6, 6.07) is 22.1. The van der Waals surface area contributed by atoms with Crippen molar-refractivity contribution >= 4 is 17.2 Å². The highest BCUT2D eigenvalue weighted by atomic mass is 15.2. The molecule has 0 N–H and O–H groups in total. The molecule has 0 unspecified atom stereocenters. The summed E-state index contributed by atoms with van der Waals surface area (Å²) >= 11 is 0. The maximum atomic E-state index is 4.74. The SMILES string of the molecule is Cc1cccc(N=Nc2c(-c3ccccc3)nc3ccccn23)c1C. The summed E-state index contributed by atoms with van der Waals surface area (Å²) in [6.07, 6.45) is 1.96. The standard InChI is InChI=1S/C21H18N4/c1-15-9-8-12-18(16(15)2)23-24-21-20(17-10-4-3-5-11-17)22-19-13-6-7-14-25(19)21/h3-14H,1-2H3. The third-order valence-corrected chi connectivity index (χ3v) is 4.38. The van der Waals surface area contributed by atoms with Crippen molar-refractivity contribution < 1.29 is 0 Å². The fraction of sp³-hybridized carbons (Fsp3) is 0.0952. The molecule has 4 heteroatoms. The summed E-state index contributed by atoms with van der Waals surface area (Å²) in [6.45, 7) is 4.15. The molecule has 2 aromatic heterocycles. The molecule has 4 aromatic rings. The van der Waals surface area contributed by atoms with Crippen LogP contribution in [0.25, 0.3) is 16.9 Å². The van der Waals surface area contributed by atoms with E-state index in [0.717, 1.165) is 34.0 Å². The van der Waals surface area contributed by atoms with Gasteiger partial charge in [0.25, 0.3) is 0 Å². The summed E-state index contributed by atoms with van der Waals surface area (Å²) in [5, 5.41) is 9.08. The maximum Gasteiger partial charge on any atom is 0.187 e. The Kier molecular flexibility index (Phi) is 3.86. The van der Waals surface area contributed by atoms with E-state index in [0.29, 0.717) is 0 Å². The molecule has 25 heavy (non-hydrogen) atoms. The summed E-state index contributed by atoms with van der Waals surface area (Å²) in [7, 11) is 0. The van der Waals surface area contributed by atoms with E-state index >= 15 is 0 Å². The number of nitrogens with zero attached hydrogens (tertiary/aromatic N) is 4. The van der Waals surface area contributed by atoms with E-state index in [1.807, 2.05) is 71.3 Å². The lowest BCUT2D eigenvalue weighted by Crippen LogP contribution is -1.82. The number of rotatable bonds is 3. The summed E-state index contributed by atoms with van der Waals surface area (Å²) in [4.78, 5) is 4.74. The first kappa shape index (κ1) is 15.3. The second-order valence-corrected chi connectivity index (χ2v) is 6.00. The summed E-state index contributed by atoms with van der Waals surface area (Å²) in [5.74, 6) is 0.739. The Bertz CT molecular complexity index is 1060. The first-order valence-corrected chi connectivity index (χ1v) is 8.24. The van der Waals surface area contributed by atoms with Crippen molar-refractivity contribution in [2.24, 2.45) is 10.2 Å². The Morgan fingerprint density at radius 1 is 0.800 bits per heavy atom. The minimum absolute atomic E-state index is 0.739. The van der Waals surface area contributed by atoms with Crippen LogP contribution in [0.15, 0.2) is 83.2 Å². The molecule has 4 rings (SSSR count). The van der Waals surface area contributed by atoms with Crippen LogP contribution in [0.2, 0.25) is 0 Å². The van der Waals surface area contributed by atoms with Gasteiger partial charge >= 0.3 is 0 Å². The lowest BCUT2D eigenvalue weighted by molar-refractivity contribution is 1.10. The highest BCUT2D eigenvalue weighted by Crippen LogP contribution is 2.32. The topological polar surface area (TPSA) is 42.0 Å². The molecule has 2 aromatic carbocycles. The number of hydrogen-bond donors (Lipinski definition) is 0. The third-order valence-electron chi connectivity index (χ3n) is 4.38. The van der Waals surface area contributed by atoms with Gasteiger partial charge in [0.05, 0.1) is 5.69 Å². The molecule has 0 amide bonds. The van der Waals surface area contributed by atoms with E-state index < -0.39 is 0 Å². The quantitative estimate of drug-likeness (QED) is 0.424. The monoisotopic (exact) mass is 326 g/mol. The molecule has 0 bridgehead atoms. The zero-order valence-corrected chi connectivity index (χ0v) is 14.2. The van der Waals surface area contributed by atoms with Crippen LogP contribution in [0.4, 0.5) is 11.5 Å². The summed E-state index contributed by atoms with van der Waals surface area (Å²) in [5.41, 5.74) is 5.95. The van der Waals surface area contributed by atoms with Crippen molar-refractivity contribution in [3.8, 4) is 11.3 Å². The average Bonchev–Trinajstić information content (AvgIpc) is 3.02. The molecule has 0 saturated heterocycles. The first-order valence-electron chi connectivity index (χ1n) is 8.24. The minimum atomic E-state index is 0.739. The van der Waals surface area contributed by atoms with Gasteiger partial charge in [0.2, 0.25) is 0 Å². The normalized spacial score (nSPS) is 11.4. The Morgan fingerprint density at radius 3 is 2.44 bits per heavy atom. The molecule has 4 nitrogen and oxygen atoms in total. The number of aromatic nitrogens is 2. The lowest BCUT2D eigenvalue weighted by Gasteiger charge is -2.03. The Labute approximate surface area is 146 Å². The molecule has 0 fully saturated rings. The Hall–Kier alpha value is -3.27. The lowest BCUT2D eigenvalue weighted by atomic mass is 10.1.